The van der Waals surface area contributed by atoms with Crippen LogP contribution in [0.3, 0.4) is 0 Å². The number of hydrogen-bond acceptors (Lipinski definition) is 5. The minimum atomic E-state index is -0.446. The standard InChI is InChI=1S/C10H12BNO4/c1-14-10(13)7-3-2-4-8(9(7)12)11-5-6-15-16-11/h2-4H,5-6,12H2,1H3. The van der Waals surface area contributed by atoms with Gasteiger partial charge >= 0.3 is 12.9 Å². The maximum atomic E-state index is 11.4. The van der Waals surface area contributed by atoms with Crippen molar-refractivity contribution in [1.29, 1.82) is 0 Å². The molecule has 1 aliphatic rings. The van der Waals surface area contributed by atoms with Crippen LogP contribution < -0.4 is 11.2 Å². The zero-order chi connectivity index (χ0) is 11.5. The van der Waals surface area contributed by atoms with Crippen molar-refractivity contribution in [3.05, 3.63) is 23.8 Å². The molecule has 0 amide bonds. The summed E-state index contributed by atoms with van der Waals surface area (Å²) in [6, 6.07) is 5.20. The molecule has 0 radical (unpaired) electrons. The summed E-state index contributed by atoms with van der Waals surface area (Å²) in [6.07, 6.45) is 0.731. The monoisotopic (exact) mass is 221 g/mol. The topological polar surface area (TPSA) is 70.8 Å². The van der Waals surface area contributed by atoms with Gasteiger partial charge in [-0.15, -0.1) is 0 Å². The van der Waals surface area contributed by atoms with Gasteiger partial charge in [-0.25, -0.2) is 4.79 Å². The van der Waals surface area contributed by atoms with Gasteiger partial charge in [-0.05, 0) is 17.8 Å². The molecule has 1 aliphatic heterocycles. The minimum absolute atomic E-state index is 0.204. The van der Waals surface area contributed by atoms with Gasteiger partial charge < -0.3 is 10.5 Å². The first-order chi connectivity index (χ1) is 7.74. The number of hydrogen-bond donors (Lipinski definition) is 1. The van der Waals surface area contributed by atoms with Crippen LogP contribution in [0.2, 0.25) is 6.32 Å². The Kier molecular flexibility index (Phi) is 3.12. The van der Waals surface area contributed by atoms with Gasteiger partial charge in [-0.2, -0.15) is 0 Å². The average Bonchev–Trinajstić information content (AvgIpc) is 2.82. The molecule has 0 spiro atoms. The number of nitrogen functional groups attached to an aromatic ring is 1. The molecule has 0 bridgehead atoms. The van der Waals surface area contributed by atoms with Crippen LogP contribution in [-0.2, 0) is 14.4 Å². The maximum Gasteiger partial charge on any atom is 0.377 e. The van der Waals surface area contributed by atoms with Crippen molar-refractivity contribution >= 4 is 24.0 Å². The smallest absolute Gasteiger partial charge is 0.377 e. The second kappa shape index (κ2) is 4.55. The summed E-state index contributed by atoms with van der Waals surface area (Å²) in [4.78, 5) is 21.3. The number of rotatable bonds is 2. The first-order valence-corrected chi connectivity index (χ1v) is 4.99. The Morgan fingerprint density at radius 1 is 1.56 bits per heavy atom. The fourth-order valence-electron chi connectivity index (χ4n) is 1.69. The van der Waals surface area contributed by atoms with Gasteiger partial charge in [0.05, 0.1) is 19.3 Å². The molecule has 16 heavy (non-hydrogen) atoms. The third kappa shape index (κ3) is 1.89. The fourth-order valence-corrected chi connectivity index (χ4v) is 1.69. The molecule has 84 valence electrons. The summed E-state index contributed by atoms with van der Waals surface area (Å²) in [5.74, 6) is -0.446. The minimum Gasteiger partial charge on any atom is -0.465 e. The first-order valence-electron chi connectivity index (χ1n) is 4.99. The van der Waals surface area contributed by atoms with Gasteiger partial charge in [0.2, 0.25) is 0 Å². The van der Waals surface area contributed by atoms with Gasteiger partial charge in [-0.3, -0.25) is 9.69 Å². The lowest BCUT2D eigenvalue weighted by Crippen LogP contribution is -2.33. The molecule has 2 N–H and O–H groups in total. The molecule has 6 heteroatoms. The molecule has 1 aromatic rings. The molecular formula is C10H12BNO4. The Labute approximate surface area is 93.5 Å². The van der Waals surface area contributed by atoms with Crippen LogP contribution in [0.15, 0.2) is 18.2 Å². The number of anilines is 1. The highest BCUT2D eigenvalue weighted by Gasteiger charge is 2.29. The van der Waals surface area contributed by atoms with Gasteiger partial charge in [0.1, 0.15) is 0 Å². The predicted molar refractivity (Wildman–Crippen MR) is 59.4 cm³/mol. The van der Waals surface area contributed by atoms with Gasteiger partial charge in [-0.1, -0.05) is 12.1 Å². The third-order valence-corrected chi connectivity index (χ3v) is 2.54. The van der Waals surface area contributed by atoms with Crippen LogP contribution in [0.1, 0.15) is 10.4 Å². The fraction of sp³-hybridized carbons (Fsp3) is 0.300. The summed E-state index contributed by atoms with van der Waals surface area (Å²) >= 11 is 0. The molecule has 0 saturated carbocycles. The van der Waals surface area contributed by atoms with Gasteiger partial charge in [0.15, 0.2) is 0 Å². The Morgan fingerprint density at radius 3 is 3.00 bits per heavy atom. The molecule has 0 aromatic heterocycles. The molecule has 0 atom stereocenters. The second-order valence-electron chi connectivity index (χ2n) is 3.50. The van der Waals surface area contributed by atoms with E-state index in [-0.39, 0.29) is 6.92 Å². The van der Waals surface area contributed by atoms with E-state index in [1.165, 1.54) is 7.11 Å². The normalized spacial score (nSPS) is 15.2. The molecule has 1 fully saturated rings. The SMILES string of the molecule is COC(=O)c1cccc(B2CCOO2)c1N. The number of ether oxygens (including phenoxy) is 1. The lowest BCUT2D eigenvalue weighted by atomic mass is 9.58. The molecule has 1 saturated heterocycles. The molecule has 1 aromatic carbocycles. The van der Waals surface area contributed by atoms with E-state index in [9.17, 15) is 4.79 Å². The largest absolute Gasteiger partial charge is 0.465 e. The Balaban J connectivity index is 2.35. The number of carbonyl (C=O) groups excluding carboxylic acids is 1. The van der Waals surface area contributed by atoms with Crippen LogP contribution in [0.25, 0.3) is 0 Å². The predicted octanol–water partition coefficient (Wildman–Crippen LogP) is 0.216. The zero-order valence-electron chi connectivity index (χ0n) is 8.93. The van der Waals surface area contributed by atoms with Crippen molar-refractivity contribution in [3.63, 3.8) is 0 Å². The Morgan fingerprint density at radius 2 is 2.38 bits per heavy atom. The lowest BCUT2D eigenvalue weighted by Gasteiger charge is -2.10. The van der Waals surface area contributed by atoms with Crippen molar-refractivity contribution in [2.75, 3.05) is 19.5 Å². The van der Waals surface area contributed by atoms with Crippen molar-refractivity contribution in [1.82, 2.24) is 0 Å². The third-order valence-electron chi connectivity index (χ3n) is 2.54. The van der Waals surface area contributed by atoms with Crippen LogP contribution in [-0.4, -0.2) is 26.6 Å². The van der Waals surface area contributed by atoms with Crippen LogP contribution in [0.4, 0.5) is 5.69 Å². The van der Waals surface area contributed by atoms with E-state index in [0.29, 0.717) is 17.9 Å². The highest BCUT2D eigenvalue weighted by Crippen LogP contribution is 2.15. The van der Waals surface area contributed by atoms with E-state index >= 15 is 0 Å². The van der Waals surface area contributed by atoms with E-state index in [1.54, 1.807) is 12.1 Å². The molecule has 5 nitrogen and oxygen atoms in total. The molecule has 2 rings (SSSR count). The van der Waals surface area contributed by atoms with E-state index in [1.807, 2.05) is 6.07 Å². The molecular weight excluding hydrogens is 209 g/mol. The van der Waals surface area contributed by atoms with E-state index in [0.717, 1.165) is 11.8 Å². The number of carbonyl (C=O) groups is 1. The Hall–Kier alpha value is -1.53. The first kappa shape index (κ1) is 11.0. The average molecular weight is 221 g/mol. The molecule has 0 aliphatic carbocycles. The van der Waals surface area contributed by atoms with Crippen molar-refractivity contribution < 1.29 is 19.2 Å². The number of methoxy groups -OCH3 is 1. The van der Waals surface area contributed by atoms with Crippen molar-refractivity contribution in [2.24, 2.45) is 0 Å². The van der Waals surface area contributed by atoms with E-state index in [2.05, 4.69) is 4.74 Å². The number of benzene rings is 1. The summed E-state index contributed by atoms with van der Waals surface area (Å²) < 4.78 is 4.64. The summed E-state index contributed by atoms with van der Waals surface area (Å²) in [7, 11) is 1.32. The zero-order valence-corrected chi connectivity index (χ0v) is 8.93. The highest BCUT2D eigenvalue weighted by atomic mass is 17.2. The second-order valence-corrected chi connectivity index (χ2v) is 3.50. The maximum absolute atomic E-state index is 11.4. The van der Waals surface area contributed by atoms with Crippen molar-refractivity contribution in [3.8, 4) is 0 Å². The Bertz CT molecular complexity index is 404. The van der Waals surface area contributed by atoms with Gasteiger partial charge in [0.25, 0.3) is 0 Å². The quantitative estimate of drug-likeness (QED) is 0.334. The highest BCUT2D eigenvalue weighted by molar-refractivity contribution is 6.69. The summed E-state index contributed by atoms with van der Waals surface area (Å²) in [6.45, 7) is 0.330. The van der Waals surface area contributed by atoms with Crippen LogP contribution >= 0.6 is 0 Å². The summed E-state index contributed by atoms with van der Waals surface area (Å²) in [5.41, 5.74) is 7.42. The summed E-state index contributed by atoms with van der Waals surface area (Å²) in [5, 5.41) is 0. The van der Waals surface area contributed by atoms with Gasteiger partial charge in [0, 0.05) is 5.69 Å². The molecule has 1 heterocycles. The van der Waals surface area contributed by atoms with Crippen molar-refractivity contribution in [2.45, 2.75) is 6.32 Å². The molecule has 0 unspecified atom stereocenters. The van der Waals surface area contributed by atoms with Crippen LogP contribution in [0, 0.1) is 0 Å². The number of nitrogens with two attached hydrogens (primary N) is 1. The van der Waals surface area contributed by atoms with E-state index in [4.69, 9.17) is 15.4 Å². The van der Waals surface area contributed by atoms with Crippen LogP contribution in [0.5, 0.6) is 0 Å². The number of esters is 1. The number of para-hydroxylation sites is 1. The van der Waals surface area contributed by atoms with E-state index < -0.39 is 5.97 Å². The lowest BCUT2D eigenvalue weighted by molar-refractivity contribution is -0.184.